The van der Waals surface area contributed by atoms with E-state index in [9.17, 15) is 8.78 Å². The van der Waals surface area contributed by atoms with Crippen molar-refractivity contribution in [1.82, 2.24) is 5.32 Å². The van der Waals surface area contributed by atoms with E-state index in [-0.39, 0.29) is 5.92 Å². The summed E-state index contributed by atoms with van der Waals surface area (Å²) in [6.07, 6.45) is 1.94. The molecule has 0 bridgehead atoms. The van der Waals surface area contributed by atoms with Gasteiger partial charge in [0, 0.05) is 12.6 Å². The highest BCUT2D eigenvalue weighted by Gasteiger charge is 2.23. The number of hydrogen-bond acceptors (Lipinski definition) is 1. The zero-order valence-electron chi connectivity index (χ0n) is 9.69. The fourth-order valence-electron chi connectivity index (χ4n) is 2.24. The Bertz CT molecular complexity index is 382. The van der Waals surface area contributed by atoms with Gasteiger partial charge >= 0.3 is 0 Å². The quantitative estimate of drug-likeness (QED) is 0.774. The molecule has 2 atom stereocenters. The number of piperidine rings is 1. The highest BCUT2D eigenvalue weighted by atomic mass is 19.2. The number of aryl methyl sites for hydroxylation is 1. The van der Waals surface area contributed by atoms with Crippen LogP contribution in [0.25, 0.3) is 0 Å². The van der Waals surface area contributed by atoms with Crippen LogP contribution in [0.5, 0.6) is 0 Å². The maximum Gasteiger partial charge on any atom is 0.162 e. The van der Waals surface area contributed by atoms with Crippen molar-refractivity contribution in [2.45, 2.75) is 38.6 Å². The average Bonchev–Trinajstić information content (AvgIpc) is 2.28. The second-order valence-electron chi connectivity index (χ2n) is 4.68. The molecule has 3 heteroatoms. The molecule has 0 amide bonds. The summed E-state index contributed by atoms with van der Waals surface area (Å²) in [6, 6.07) is 3.86. The monoisotopic (exact) mass is 225 g/mol. The number of nitrogens with one attached hydrogen (secondary N) is 1. The van der Waals surface area contributed by atoms with Crippen LogP contribution < -0.4 is 5.32 Å². The predicted octanol–water partition coefficient (Wildman–Crippen LogP) is 3.13. The van der Waals surface area contributed by atoms with Gasteiger partial charge in [-0.2, -0.15) is 0 Å². The summed E-state index contributed by atoms with van der Waals surface area (Å²) >= 11 is 0. The Labute approximate surface area is 94.9 Å². The molecule has 0 aromatic heterocycles. The number of benzene rings is 1. The van der Waals surface area contributed by atoms with E-state index < -0.39 is 11.6 Å². The van der Waals surface area contributed by atoms with Gasteiger partial charge in [-0.3, -0.25) is 0 Å². The second kappa shape index (κ2) is 4.50. The zero-order chi connectivity index (χ0) is 11.7. The molecule has 1 saturated heterocycles. The summed E-state index contributed by atoms with van der Waals surface area (Å²) < 4.78 is 27.2. The van der Waals surface area contributed by atoms with E-state index >= 15 is 0 Å². The van der Waals surface area contributed by atoms with Crippen molar-refractivity contribution < 1.29 is 8.78 Å². The lowest BCUT2D eigenvalue weighted by Crippen LogP contribution is -2.36. The van der Waals surface area contributed by atoms with E-state index in [0.29, 0.717) is 17.2 Å². The van der Waals surface area contributed by atoms with Crippen molar-refractivity contribution >= 4 is 0 Å². The van der Waals surface area contributed by atoms with E-state index in [1.54, 1.807) is 19.1 Å². The van der Waals surface area contributed by atoms with Crippen LogP contribution in [0.4, 0.5) is 8.78 Å². The molecule has 1 fully saturated rings. The Morgan fingerprint density at radius 3 is 2.56 bits per heavy atom. The molecule has 1 N–H and O–H groups in total. The van der Waals surface area contributed by atoms with Crippen LogP contribution in [0.2, 0.25) is 0 Å². The van der Waals surface area contributed by atoms with Gasteiger partial charge in [0.15, 0.2) is 11.6 Å². The lowest BCUT2D eigenvalue weighted by Gasteiger charge is -2.28. The Morgan fingerprint density at radius 1 is 1.19 bits per heavy atom. The Morgan fingerprint density at radius 2 is 1.94 bits per heavy atom. The van der Waals surface area contributed by atoms with Gasteiger partial charge in [0.2, 0.25) is 0 Å². The first kappa shape index (κ1) is 11.5. The van der Waals surface area contributed by atoms with Crippen LogP contribution in [0, 0.1) is 18.6 Å². The van der Waals surface area contributed by atoms with Crippen molar-refractivity contribution in [3.63, 3.8) is 0 Å². The molecule has 0 saturated carbocycles. The van der Waals surface area contributed by atoms with E-state index in [4.69, 9.17) is 0 Å². The smallest absolute Gasteiger partial charge is 0.162 e. The number of halogens is 2. The first-order chi connectivity index (χ1) is 7.59. The Kier molecular flexibility index (Phi) is 3.24. The molecule has 1 aromatic carbocycles. The molecule has 1 aliphatic heterocycles. The van der Waals surface area contributed by atoms with Crippen LogP contribution in [0.3, 0.4) is 0 Å². The fraction of sp³-hybridized carbons (Fsp3) is 0.538. The van der Waals surface area contributed by atoms with Gasteiger partial charge in [-0.05, 0) is 43.7 Å². The molecule has 1 heterocycles. The van der Waals surface area contributed by atoms with E-state index in [2.05, 4.69) is 12.2 Å². The van der Waals surface area contributed by atoms with E-state index in [1.807, 2.05) is 0 Å². The van der Waals surface area contributed by atoms with Gasteiger partial charge in [-0.15, -0.1) is 0 Å². The van der Waals surface area contributed by atoms with Crippen molar-refractivity contribution in [3.05, 3.63) is 34.9 Å². The number of rotatable bonds is 1. The third kappa shape index (κ3) is 2.09. The maximum absolute atomic E-state index is 13.7. The molecule has 88 valence electrons. The summed E-state index contributed by atoms with van der Waals surface area (Å²) in [5, 5.41) is 3.30. The van der Waals surface area contributed by atoms with Crippen LogP contribution in [-0.4, -0.2) is 12.6 Å². The minimum absolute atomic E-state index is 0.103. The molecule has 2 unspecified atom stereocenters. The van der Waals surface area contributed by atoms with Gasteiger partial charge in [-0.25, -0.2) is 8.78 Å². The van der Waals surface area contributed by atoms with Crippen LogP contribution in [0.1, 0.15) is 36.8 Å². The molecule has 1 aromatic rings. The number of hydrogen-bond donors (Lipinski definition) is 1. The van der Waals surface area contributed by atoms with Gasteiger partial charge < -0.3 is 5.32 Å². The molecule has 0 spiro atoms. The van der Waals surface area contributed by atoms with Gasteiger partial charge in [-0.1, -0.05) is 12.1 Å². The molecule has 1 nitrogen and oxygen atoms in total. The lowest BCUT2D eigenvalue weighted by atomic mass is 9.88. The van der Waals surface area contributed by atoms with E-state index in [1.165, 1.54) is 0 Å². The summed E-state index contributed by atoms with van der Waals surface area (Å²) in [5.41, 5.74) is 0.890. The first-order valence-electron chi connectivity index (χ1n) is 5.77. The van der Waals surface area contributed by atoms with Crippen molar-refractivity contribution in [2.75, 3.05) is 6.54 Å². The lowest BCUT2D eigenvalue weighted by molar-refractivity contribution is 0.372. The fourth-order valence-corrected chi connectivity index (χ4v) is 2.24. The third-order valence-electron chi connectivity index (χ3n) is 3.41. The van der Waals surface area contributed by atoms with Crippen LogP contribution in [0.15, 0.2) is 12.1 Å². The molecule has 0 aliphatic carbocycles. The minimum Gasteiger partial charge on any atom is -0.314 e. The summed E-state index contributed by atoms with van der Waals surface area (Å²) in [7, 11) is 0. The maximum atomic E-state index is 13.7. The zero-order valence-corrected chi connectivity index (χ0v) is 9.69. The van der Waals surface area contributed by atoms with Crippen LogP contribution >= 0.6 is 0 Å². The Hall–Kier alpha value is -0.960. The second-order valence-corrected chi connectivity index (χ2v) is 4.68. The van der Waals surface area contributed by atoms with E-state index in [0.717, 1.165) is 19.4 Å². The minimum atomic E-state index is -0.698. The van der Waals surface area contributed by atoms with Crippen LogP contribution in [-0.2, 0) is 0 Å². The van der Waals surface area contributed by atoms with Crippen molar-refractivity contribution in [3.8, 4) is 0 Å². The topological polar surface area (TPSA) is 12.0 Å². The molecule has 1 aliphatic rings. The van der Waals surface area contributed by atoms with Crippen molar-refractivity contribution in [2.24, 2.45) is 0 Å². The molecule has 0 radical (unpaired) electrons. The molecule has 16 heavy (non-hydrogen) atoms. The summed E-state index contributed by atoms with van der Waals surface area (Å²) in [4.78, 5) is 0. The molecular formula is C13H17F2N. The summed E-state index contributed by atoms with van der Waals surface area (Å²) in [5.74, 6) is -1.26. The molecule has 2 rings (SSSR count). The summed E-state index contributed by atoms with van der Waals surface area (Å²) in [6.45, 7) is 4.44. The first-order valence-corrected chi connectivity index (χ1v) is 5.77. The normalized spacial score (nSPS) is 25.8. The standard InChI is InChI=1S/C13H17F2N/c1-8-3-6-11(13(15)12(8)14)10-5-4-9(2)16-7-10/h3,6,9-10,16H,4-5,7H2,1-2H3. The third-order valence-corrected chi connectivity index (χ3v) is 3.41. The average molecular weight is 225 g/mol. The largest absolute Gasteiger partial charge is 0.314 e. The van der Waals surface area contributed by atoms with Gasteiger partial charge in [0.05, 0.1) is 0 Å². The molecular weight excluding hydrogens is 208 g/mol. The van der Waals surface area contributed by atoms with Gasteiger partial charge in [0.1, 0.15) is 0 Å². The highest BCUT2D eigenvalue weighted by molar-refractivity contribution is 5.28. The predicted molar refractivity (Wildman–Crippen MR) is 60.5 cm³/mol. The Balaban J connectivity index is 2.24. The SMILES string of the molecule is Cc1ccc(C2CCC(C)NC2)c(F)c1F. The van der Waals surface area contributed by atoms with Crippen molar-refractivity contribution in [1.29, 1.82) is 0 Å². The van der Waals surface area contributed by atoms with Gasteiger partial charge in [0.25, 0.3) is 0 Å². The highest BCUT2D eigenvalue weighted by Crippen LogP contribution is 2.29.